The first-order chi connectivity index (χ1) is 15.9. The van der Waals surface area contributed by atoms with Gasteiger partial charge in [-0.25, -0.2) is 4.79 Å². The van der Waals surface area contributed by atoms with E-state index in [1.807, 2.05) is 42.5 Å². The van der Waals surface area contributed by atoms with Gasteiger partial charge in [-0.05, 0) is 62.9 Å². The number of carbonyl (C=O) groups is 3. The van der Waals surface area contributed by atoms with Crippen molar-refractivity contribution >= 4 is 61.7 Å². The number of halogens is 1. The van der Waals surface area contributed by atoms with E-state index in [9.17, 15) is 14.4 Å². The molecule has 0 radical (unpaired) electrons. The summed E-state index contributed by atoms with van der Waals surface area (Å²) in [5.74, 6) is -0.392. The number of benzene rings is 3. The van der Waals surface area contributed by atoms with Crippen LogP contribution in [0.3, 0.4) is 0 Å². The van der Waals surface area contributed by atoms with Gasteiger partial charge in [0.1, 0.15) is 18.1 Å². The fraction of sp³-hybridized carbons (Fsp3) is 0.125. The minimum absolute atomic E-state index is 0.136. The Morgan fingerprint density at radius 1 is 1.03 bits per heavy atom. The van der Waals surface area contributed by atoms with E-state index in [4.69, 9.17) is 14.6 Å². The molecule has 0 atom stereocenters. The first-order valence-electron chi connectivity index (χ1n) is 9.92. The standard InChI is InChI=1S/C24H18BrNO6S/c25-18-12-15(8-9-20(18)32-14-22(27)28)13-21-23(29)26(24(30)33-21)10-11-31-19-7-3-5-16-4-1-2-6-17(16)19/h1-9,12-13H,10-11,14H2,(H,27,28)/b21-13-. The first kappa shape index (κ1) is 22.9. The van der Waals surface area contributed by atoms with Crippen LogP contribution in [-0.2, 0) is 9.59 Å². The van der Waals surface area contributed by atoms with E-state index in [-0.39, 0.29) is 24.3 Å². The van der Waals surface area contributed by atoms with Crippen molar-refractivity contribution in [3.05, 3.63) is 75.6 Å². The molecule has 3 aromatic rings. The van der Waals surface area contributed by atoms with E-state index in [1.54, 1.807) is 24.3 Å². The summed E-state index contributed by atoms with van der Waals surface area (Å²) >= 11 is 4.19. The topological polar surface area (TPSA) is 93.1 Å². The van der Waals surface area contributed by atoms with E-state index in [1.165, 1.54) is 4.90 Å². The monoisotopic (exact) mass is 527 g/mol. The van der Waals surface area contributed by atoms with Crippen LogP contribution in [0.15, 0.2) is 70.0 Å². The van der Waals surface area contributed by atoms with Crippen molar-refractivity contribution in [2.45, 2.75) is 0 Å². The molecule has 0 aliphatic carbocycles. The lowest BCUT2D eigenvalue weighted by molar-refractivity contribution is -0.139. The first-order valence-corrected chi connectivity index (χ1v) is 11.5. The quantitative estimate of drug-likeness (QED) is 0.403. The minimum atomic E-state index is -1.08. The van der Waals surface area contributed by atoms with Gasteiger partial charge in [-0.1, -0.05) is 42.5 Å². The van der Waals surface area contributed by atoms with Crippen LogP contribution < -0.4 is 9.47 Å². The van der Waals surface area contributed by atoms with Gasteiger partial charge >= 0.3 is 5.97 Å². The molecule has 4 rings (SSSR count). The lowest BCUT2D eigenvalue weighted by Crippen LogP contribution is -2.32. The third-order valence-corrected chi connectivity index (χ3v) is 6.33. The van der Waals surface area contributed by atoms with Gasteiger partial charge in [-0.3, -0.25) is 14.5 Å². The predicted octanol–water partition coefficient (Wildman–Crippen LogP) is 5.18. The summed E-state index contributed by atoms with van der Waals surface area (Å²) in [6.45, 7) is -0.144. The largest absolute Gasteiger partial charge is 0.491 e. The van der Waals surface area contributed by atoms with E-state index < -0.39 is 12.6 Å². The van der Waals surface area contributed by atoms with Crippen LogP contribution in [0.2, 0.25) is 0 Å². The van der Waals surface area contributed by atoms with Crippen LogP contribution in [0, 0.1) is 0 Å². The molecule has 1 saturated heterocycles. The maximum Gasteiger partial charge on any atom is 0.341 e. The van der Waals surface area contributed by atoms with Crippen molar-refractivity contribution in [3.63, 3.8) is 0 Å². The molecule has 3 aromatic carbocycles. The number of hydrogen-bond acceptors (Lipinski definition) is 6. The summed E-state index contributed by atoms with van der Waals surface area (Å²) in [4.78, 5) is 37.3. The molecule has 0 saturated carbocycles. The Bertz CT molecular complexity index is 1270. The number of amides is 2. The van der Waals surface area contributed by atoms with Crippen molar-refractivity contribution in [2.75, 3.05) is 19.8 Å². The second kappa shape index (κ2) is 10.1. The summed E-state index contributed by atoms with van der Waals surface area (Å²) in [5, 5.41) is 10.4. The molecule has 0 bridgehead atoms. The average Bonchev–Trinajstić information content (AvgIpc) is 3.06. The van der Waals surface area contributed by atoms with Crippen molar-refractivity contribution in [3.8, 4) is 11.5 Å². The molecule has 1 aliphatic rings. The molecule has 9 heteroatoms. The van der Waals surface area contributed by atoms with Crippen LogP contribution in [0.5, 0.6) is 11.5 Å². The number of rotatable bonds is 8. The Morgan fingerprint density at radius 3 is 2.61 bits per heavy atom. The molecule has 1 N–H and O–H groups in total. The number of carbonyl (C=O) groups excluding carboxylic acids is 2. The molecule has 33 heavy (non-hydrogen) atoms. The lowest BCUT2D eigenvalue weighted by atomic mass is 10.1. The predicted molar refractivity (Wildman–Crippen MR) is 129 cm³/mol. The number of carboxylic acid groups (broad SMARTS) is 1. The maximum absolute atomic E-state index is 12.8. The maximum atomic E-state index is 12.8. The SMILES string of the molecule is O=C(O)COc1ccc(/C=C2\SC(=O)N(CCOc3cccc4ccccc34)C2=O)cc1Br. The van der Waals surface area contributed by atoms with Gasteiger partial charge in [0, 0.05) is 5.39 Å². The van der Waals surface area contributed by atoms with Crippen LogP contribution in [-0.4, -0.2) is 46.9 Å². The summed E-state index contributed by atoms with van der Waals surface area (Å²) in [6.07, 6.45) is 1.61. The van der Waals surface area contributed by atoms with E-state index >= 15 is 0 Å². The van der Waals surface area contributed by atoms with Crippen LogP contribution in [0.25, 0.3) is 16.8 Å². The van der Waals surface area contributed by atoms with Gasteiger partial charge < -0.3 is 14.6 Å². The smallest absolute Gasteiger partial charge is 0.341 e. The molecule has 1 heterocycles. The highest BCUT2D eigenvalue weighted by Crippen LogP contribution is 2.34. The number of aliphatic carboxylic acids is 1. The molecule has 168 valence electrons. The van der Waals surface area contributed by atoms with E-state index in [0.29, 0.717) is 26.4 Å². The molecule has 0 spiro atoms. The van der Waals surface area contributed by atoms with Gasteiger partial charge in [-0.15, -0.1) is 0 Å². The number of ether oxygens (including phenoxy) is 2. The number of fused-ring (bicyclic) bond motifs is 1. The van der Waals surface area contributed by atoms with E-state index in [2.05, 4.69) is 15.9 Å². The summed E-state index contributed by atoms with van der Waals surface area (Å²) in [5.41, 5.74) is 0.669. The zero-order chi connectivity index (χ0) is 23.4. The number of nitrogens with zero attached hydrogens (tertiary/aromatic N) is 1. The van der Waals surface area contributed by atoms with Gasteiger partial charge in [0.2, 0.25) is 0 Å². The Morgan fingerprint density at radius 2 is 1.82 bits per heavy atom. The highest BCUT2D eigenvalue weighted by Gasteiger charge is 2.34. The molecule has 7 nitrogen and oxygen atoms in total. The van der Waals surface area contributed by atoms with Gasteiger partial charge in [-0.2, -0.15) is 0 Å². The highest BCUT2D eigenvalue weighted by atomic mass is 79.9. The molecule has 1 fully saturated rings. The van der Waals surface area contributed by atoms with E-state index in [0.717, 1.165) is 22.5 Å². The van der Waals surface area contributed by atoms with Gasteiger partial charge in [0.25, 0.3) is 11.1 Å². The molecule has 1 aliphatic heterocycles. The molecule has 2 amide bonds. The number of thioether (sulfide) groups is 1. The number of imide groups is 1. The average molecular weight is 528 g/mol. The third-order valence-electron chi connectivity index (χ3n) is 4.80. The van der Waals surface area contributed by atoms with Crippen LogP contribution in [0.4, 0.5) is 4.79 Å². The second-order valence-corrected chi connectivity index (χ2v) is 8.88. The normalized spacial score (nSPS) is 14.8. The van der Waals surface area contributed by atoms with Crippen molar-refractivity contribution in [1.29, 1.82) is 0 Å². The Kier molecular flexibility index (Phi) is 7.00. The fourth-order valence-electron chi connectivity index (χ4n) is 3.28. The number of carboxylic acids is 1. The highest BCUT2D eigenvalue weighted by molar-refractivity contribution is 9.10. The Hall–Kier alpha value is -3.30. The van der Waals surface area contributed by atoms with Crippen molar-refractivity contribution < 1.29 is 29.0 Å². The minimum Gasteiger partial charge on any atom is -0.491 e. The zero-order valence-corrected chi connectivity index (χ0v) is 19.6. The lowest BCUT2D eigenvalue weighted by Gasteiger charge is -2.14. The summed E-state index contributed by atoms with van der Waals surface area (Å²) in [7, 11) is 0. The fourth-order valence-corrected chi connectivity index (χ4v) is 4.65. The van der Waals surface area contributed by atoms with Crippen LogP contribution >= 0.6 is 27.7 Å². The molecule has 0 aromatic heterocycles. The zero-order valence-electron chi connectivity index (χ0n) is 17.2. The van der Waals surface area contributed by atoms with Gasteiger partial charge in [0.15, 0.2) is 6.61 Å². The molecule has 0 unspecified atom stereocenters. The number of hydrogen-bond donors (Lipinski definition) is 1. The van der Waals surface area contributed by atoms with Crippen molar-refractivity contribution in [1.82, 2.24) is 4.90 Å². The Balaban J connectivity index is 1.40. The van der Waals surface area contributed by atoms with Crippen molar-refractivity contribution in [2.24, 2.45) is 0 Å². The molecular weight excluding hydrogens is 510 g/mol. The molecular formula is C24H18BrNO6S. The van der Waals surface area contributed by atoms with Crippen LogP contribution in [0.1, 0.15) is 5.56 Å². The third kappa shape index (κ3) is 5.37. The summed E-state index contributed by atoms with van der Waals surface area (Å²) in [6, 6.07) is 18.6. The van der Waals surface area contributed by atoms with Gasteiger partial charge in [0.05, 0.1) is 15.9 Å². The Labute approximate surface area is 202 Å². The second-order valence-electron chi connectivity index (χ2n) is 7.03. The summed E-state index contributed by atoms with van der Waals surface area (Å²) < 4.78 is 11.6.